The number of nitrogens with zero attached hydrogens (tertiary/aromatic N) is 1. The number of rotatable bonds is 7. The molecule has 0 aromatic heterocycles. The molecule has 0 bridgehead atoms. The third-order valence-corrected chi connectivity index (χ3v) is 3.71. The summed E-state index contributed by atoms with van der Waals surface area (Å²) in [5, 5.41) is 2.75. The summed E-state index contributed by atoms with van der Waals surface area (Å²) < 4.78 is 15.6. The lowest BCUT2D eigenvalue weighted by atomic mass is 10.2. The Morgan fingerprint density at radius 3 is 2.31 bits per heavy atom. The summed E-state index contributed by atoms with van der Waals surface area (Å²) in [5.74, 6) is 1.05. The number of methoxy groups -OCH3 is 3. The van der Waals surface area contributed by atoms with Crippen LogP contribution in [-0.2, 0) is 9.59 Å². The van der Waals surface area contributed by atoms with E-state index in [1.54, 1.807) is 49.6 Å². The van der Waals surface area contributed by atoms with Crippen molar-refractivity contribution in [1.82, 2.24) is 0 Å². The molecule has 7 heteroatoms. The molecule has 2 rings (SSSR count). The zero-order valence-corrected chi connectivity index (χ0v) is 15.2. The van der Waals surface area contributed by atoms with Gasteiger partial charge in [-0.05, 0) is 24.3 Å². The van der Waals surface area contributed by atoms with Crippen LogP contribution in [0.25, 0.3) is 0 Å². The van der Waals surface area contributed by atoms with Crippen LogP contribution in [0.4, 0.5) is 11.4 Å². The molecule has 138 valence electrons. The number of ether oxygens (including phenoxy) is 3. The fourth-order valence-electron chi connectivity index (χ4n) is 2.42. The molecule has 2 amide bonds. The molecule has 7 nitrogen and oxygen atoms in total. The second-order valence-corrected chi connectivity index (χ2v) is 5.42. The molecule has 1 N–H and O–H groups in total. The first kappa shape index (κ1) is 19.1. The maximum atomic E-state index is 12.4. The molecule has 0 fully saturated rings. The van der Waals surface area contributed by atoms with Crippen LogP contribution in [0.3, 0.4) is 0 Å². The topological polar surface area (TPSA) is 77.1 Å². The second-order valence-electron chi connectivity index (χ2n) is 5.42. The van der Waals surface area contributed by atoms with E-state index in [0.717, 1.165) is 0 Å². The summed E-state index contributed by atoms with van der Waals surface area (Å²) in [7, 11) is 4.59. The van der Waals surface area contributed by atoms with Gasteiger partial charge in [0.1, 0.15) is 12.3 Å². The van der Waals surface area contributed by atoms with Crippen molar-refractivity contribution in [3.8, 4) is 17.2 Å². The standard InChI is InChI=1S/C19H22N2O5/c1-13(22)21(15-8-9-17(25-3)18(11-15)26-4)12-19(23)20-14-6-5-7-16(10-14)24-2/h5-11H,12H2,1-4H3,(H,20,23). The van der Waals surface area contributed by atoms with Crippen LogP contribution < -0.4 is 24.4 Å². The van der Waals surface area contributed by atoms with E-state index in [4.69, 9.17) is 14.2 Å². The highest BCUT2D eigenvalue weighted by Crippen LogP contribution is 2.31. The lowest BCUT2D eigenvalue weighted by Crippen LogP contribution is -2.36. The lowest BCUT2D eigenvalue weighted by molar-refractivity contribution is -0.120. The van der Waals surface area contributed by atoms with Gasteiger partial charge in [0.2, 0.25) is 11.8 Å². The molecule has 0 spiro atoms. The van der Waals surface area contributed by atoms with Crippen molar-refractivity contribution in [2.75, 3.05) is 38.1 Å². The predicted octanol–water partition coefficient (Wildman–Crippen LogP) is 2.70. The molecule has 0 saturated heterocycles. The van der Waals surface area contributed by atoms with Crippen molar-refractivity contribution < 1.29 is 23.8 Å². The Hall–Kier alpha value is -3.22. The van der Waals surface area contributed by atoms with Gasteiger partial charge >= 0.3 is 0 Å². The number of hydrogen-bond donors (Lipinski definition) is 1. The SMILES string of the molecule is COc1cccc(NC(=O)CN(C(C)=O)c2ccc(OC)c(OC)c2)c1. The zero-order chi connectivity index (χ0) is 19.1. The first-order valence-corrected chi connectivity index (χ1v) is 7.92. The van der Waals surface area contributed by atoms with E-state index in [0.29, 0.717) is 28.6 Å². The van der Waals surface area contributed by atoms with Gasteiger partial charge in [0.15, 0.2) is 11.5 Å². The maximum Gasteiger partial charge on any atom is 0.244 e. The summed E-state index contributed by atoms with van der Waals surface area (Å²) >= 11 is 0. The van der Waals surface area contributed by atoms with Crippen molar-refractivity contribution in [2.24, 2.45) is 0 Å². The molecule has 0 unspecified atom stereocenters. The minimum absolute atomic E-state index is 0.137. The van der Waals surface area contributed by atoms with E-state index in [9.17, 15) is 9.59 Å². The summed E-state index contributed by atoms with van der Waals surface area (Å²) in [6, 6.07) is 12.0. The third kappa shape index (κ3) is 4.66. The molecule has 0 saturated carbocycles. The first-order chi connectivity index (χ1) is 12.5. The van der Waals surface area contributed by atoms with Crippen LogP contribution >= 0.6 is 0 Å². The molecule has 2 aromatic rings. The Bertz CT molecular complexity index is 791. The number of amides is 2. The summed E-state index contributed by atoms with van der Waals surface area (Å²) in [6.45, 7) is 1.26. The molecule has 0 aliphatic heterocycles. The molecule has 0 radical (unpaired) electrons. The van der Waals surface area contributed by atoms with Crippen LogP contribution in [0.15, 0.2) is 42.5 Å². The molecule has 2 aromatic carbocycles. The van der Waals surface area contributed by atoms with Crippen molar-refractivity contribution >= 4 is 23.2 Å². The molecule has 0 aliphatic carbocycles. The Labute approximate surface area is 152 Å². The van der Waals surface area contributed by atoms with E-state index in [1.807, 2.05) is 0 Å². The van der Waals surface area contributed by atoms with Gasteiger partial charge in [-0.3, -0.25) is 9.59 Å². The molecular weight excluding hydrogens is 336 g/mol. The third-order valence-electron chi connectivity index (χ3n) is 3.71. The highest BCUT2D eigenvalue weighted by atomic mass is 16.5. The smallest absolute Gasteiger partial charge is 0.244 e. The van der Waals surface area contributed by atoms with Gasteiger partial charge in [0.05, 0.1) is 21.3 Å². The molecule has 0 atom stereocenters. The monoisotopic (exact) mass is 358 g/mol. The fraction of sp³-hybridized carbons (Fsp3) is 0.263. The van der Waals surface area contributed by atoms with Gasteiger partial charge in [0, 0.05) is 30.4 Å². The van der Waals surface area contributed by atoms with Crippen LogP contribution in [0, 0.1) is 0 Å². The Kier molecular flexibility index (Phi) is 6.43. The maximum absolute atomic E-state index is 12.4. The minimum atomic E-state index is -0.330. The Balaban J connectivity index is 2.17. The van der Waals surface area contributed by atoms with Crippen molar-refractivity contribution in [3.05, 3.63) is 42.5 Å². The highest BCUT2D eigenvalue weighted by Gasteiger charge is 2.18. The average Bonchev–Trinajstić information content (AvgIpc) is 2.65. The number of anilines is 2. The van der Waals surface area contributed by atoms with E-state index in [-0.39, 0.29) is 18.4 Å². The molecule has 0 heterocycles. The number of carbonyl (C=O) groups excluding carboxylic acids is 2. The van der Waals surface area contributed by atoms with Crippen molar-refractivity contribution in [3.63, 3.8) is 0 Å². The molecule has 26 heavy (non-hydrogen) atoms. The van der Waals surface area contributed by atoms with Gasteiger partial charge < -0.3 is 24.4 Å². The summed E-state index contributed by atoms with van der Waals surface area (Å²) in [5.41, 5.74) is 1.13. The zero-order valence-electron chi connectivity index (χ0n) is 15.2. The largest absolute Gasteiger partial charge is 0.497 e. The number of hydrogen-bond acceptors (Lipinski definition) is 5. The van der Waals surface area contributed by atoms with Crippen molar-refractivity contribution in [1.29, 1.82) is 0 Å². The van der Waals surface area contributed by atoms with E-state index in [1.165, 1.54) is 26.0 Å². The van der Waals surface area contributed by atoms with Crippen LogP contribution in [0.2, 0.25) is 0 Å². The van der Waals surface area contributed by atoms with E-state index < -0.39 is 0 Å². The summed E-state index contributed by atoms with van der Waals surface area (Å²) in [4.78, 5) is 25.8. The van der Waals surface area contributed by atoms with Crippen LogP contribution in [0.5, 0.6) is 17.2 Å². The quantitative estimate of drug-likeness (QED) is 0.823. The first-order valence-electron chi connectivity index (χ1n) is 7.92. The van der Waals surface area contributed by atoms with E-state index in [2.05, 4.69) is 5.32 Å². The Morgan fingerprint density at radius 1 is 0.962 bits per heavy atom. The van der Waals surface area contributed by atoms with Gasteiger partial charge in [-0.2, -0.15) is 0 Å². The van der Waals surface area contributed by atoms with Crippen molar-refractivity contribution in [2.45, 2.75) is 6.92 Å². The highest BCUT2D eigenvalue weighted by molar-refractivity contribution is 6.02. The molecule has 0 aliphatic rings. The predicted molar refractivity (Wildman–Crippen MR) is 99.2 cm³/mol. The van der Waals surface area contributed by atoms with Gasteiger partial charge in [-0.1, -0.05) is 6.07 Å². The fourth-order valence-corrected chi connectivity index (χ4v) is 2.42. The average molecular weight is 358 g/mol. The van der Waals surface area contributed by atoms with Gasteiger partial charge in [-0.25, -0.2) is 0 Å². The molecular formula is C19H22N2O5. The number of carbonyl (C=O) groups is 2. The van der Waals surface area contributed by atoms with Gasteiger partial charge in [-0.15, -0.1) is 0 Å². The lowest BCUT2D eigenvalue weighted by Gasteiger charge is -2.22. The number of benzene rings is 2. The number of nitrogens with one attached hydrogen (secondary N) is 1. The summed E-state index contributed by atoms with van der Waals surface area (Å²) in [6.07, 6.45) is 0. The second kappa shape index (κ2) is 8.75. The van der Waals surface area contributed by atoms with Crippen LogP contribution in [-0.4, -0.2) is 39.7 Å². The van der Waals surface area contributed by atoms with Gasteiger partial charge in [0.25, 0.3) is 0 Å². The normalized spacial score (nSPS) is 10.0. The van der Waals surface area contributed by atoms with Crippen LogP contribution in [0.1, 0.15) is 6.92 Å². The Morgan fingerprint density at radius 2 is 1.69 bits per heavy atom. The van der Waals surface area contributed by atoms with E-state index >= 15 is 0 Å². The minimum Gasteiger partial charge on any atom is -0.497 e.